The average Bonchev–Trinajstić information content (AvgIpc) is 2.46. The fourth-order valence-electron chi connectivity index (χ4n) is 2.61. The topological polar surface area (TPSA) is 48.3 Å². The smallest absolute Gasteiger partial charge is 0.103 e. The number of hydrogen-bond acceptors (Lipinski definition) is 4. The van der Waals surface area contributed by atoms with Crippen molar-refractivity contribution in [3.05, 3.63) is 0 Å². The van der Waals surface area contributed by atoms with Crippen LogP contribution in [0.15, 0.2) is 0 Å². The first kappa shape index (κ1) is 16.4. The highest BCUT2D eigenvalue weighted by atomic mass is 16.5. The average molecular weight is 267 g/mol. The van der Waals surface area contributed by atoms with Crippen molar-refractivity contribution in [2.24, 2.45) is 0 Å². The lowest BCUT2D eigenvalue weighted by Crippen LogP contribution is -2.42. The summed E-state index contributed by atoms with van der Waals surface area (Å²) >= 11 is 0. The van der Waals surface area contributed by atoms with Crippen molar-refractivity contribution in [1.29, 1.82) is 5.26 Å². The number of methoxy groups -OCH3 is 1. The predicted molar refractivity (Wildman–Crippen MR) is 78.0 cm³/mol. The van der Waals surface area contributed by atoms with E-state index in [1.807, 2.05) is 6.92 Å². The van der Waals surface area contributed by atoms with E-state index in [9.17, 15) is 5.26 Å². The van der Waals surface area contributed by atoms with Crippen molar-refractivity contribution in [1.82, 2.24) is 10.2 Å². The first-order chi connectivity index (χ1) is 9.13. The molecular formula is C15H29N3O. The van der Waals surface area contributed by atoms with Gasteiger partial charge < -0.3 is 9.64 Å². The zero-order valence-electron chi connectivity index (χ0n) is 12.7. The van der Waals surface area contributed by atoms with Gasteiger partial charge in [-0.05, 0) is 52.1 Å². The van der Waals surface area contributed by atoms with Crippen LogP contribution in [-0.2, 0) is 4.74 Å². The summed E-state index contributed by atoms with van der Waals surface area (Å²) in [4.78, 5) is 2.49. The van der Waals surface area contributed by atoms with Gasteiger partial charge in [-0.15, -0.1) is 0 Å². The van der Waals surface area contributed by atoms with E-state index in [-0.39, 0.29) is 5.54 Å². The van der Waals surface area contributed by atoms with E-state index >= 15 is 0 Å². The minimum absolute atomic E-state index is 0.360. The minimum Gasteiger partial charge on any atom is -0.381 e. The molecule has 0 spiro atoms. The molecule has 1 atom stereocenters. The van der Waals surface area contributed by atoms with Crippen LogP contribution in [0.1, 0.15) is 46.0 Å². The molecule has 1 saturated heterocycles. The Balaban J connectivity index is 2.20. The normalized spacial score (nSPS) is 20.9. The second kappa shape index (κ2) is 8.52. The monoisotopic (exact) mass is 267 g/mol. The van der Waals surface area contributed by atoms with Gasteiger partial charge in [0.1, 0.15) is 5.54 Å². The third-order valence-electron chi connectivity index (χ3n) is 4.03. The van der Waals surface area contributed by atoms with Crippen molar-refractivity contribution in [2.45, 2.75) is 57.6 Å². The lowest BCUT2D eigenvalue weighted by molar-refractivity contribution is 0.0403. The van der Waals surface area contributed by atoms with Gasteiger partial charge in [0.15, 0.2) is 0 Å². The lowest BCUT2D eigenvalue weighted by Gasteiger charge is -2.32. The Morgan fingerprint density at radius 2 is 2.11 bits per heavy atom. The van der Waals surface area contributed by atoms with E-state index in [0.29, 0.717) is 6.10 Å². The van der Waals surface area contributed by atoms with Crippen LogP contribution in [-0.4, -0.2) is 49.8 Å². The van der Waals surface area contributed by atoms with Crippen LogP contribution >= 0.6 is 0 Å². The maximum absolute atomic E-state index is 9.27. The Bertz CT molecular complexity index is 282. The maximum atomic E-state index is 9.27. The zero-order valence-corrected chi connectivity index (χ0v) is 12.7. The first-order valence-electron chi connectivity index (χ1n) is 7.55. The number of piperidine rings is 1. The molecule has 1 heterocycles. The molecule has 0 aromatic rings. The fourth-order valence-corrected chi connectivity index (χ4v) is 2.61. The molecule has 0 bridgehead atoms. The number of nitrogens with zero attached hydrogens (tertiary/aromatic N) is 2. The van der Waals surface area contributed by atoms with Gasteiger partial charge in [0.25, 0.3) is 0 Å². The molecule has 19 heavy (non-hydrogen) atoms. The number of ether oxygens (including phenoxy) is 1. The molecular weight excluding hydrogens is 238 g/mol. The second-order valence-corrected chi connectivity index (χ2v) is 5.75. The summed E-state index contributed by atoms with van der Waals surface area (Å²) in [7, 11) is 1.80. The van der Waals surface area contributed by atoms with Crippen LogP contribution in [0.2, 0.25) is 0 Å². The molecule has 0 saturated carbocycles. The summed E-state index contributed by atoms with van der Waals surface area (Å²) in [5.74, 6) is 0. The highest BCUT2D eigenvalue weighted by Crippen LogP contribution is 2.16. The lowest BCUT2D eigenvalue weighted by atomic mass is 9.97. The van der Waals surface area contributed by atoms with Gasteiger partial charge in [-0.2, -0.15) is 5.26 Å². The largest absolute Gasteiger partial charge is 0.381 e. The molecule has 1 fully saturated rings. The molecule has 0 amide bonds. The van der Waals surface area contributed by atoms with Crippen LogP contribution in [0.4, 0.5) is 0 Å². The standard InChI is InChI=1S/C15H29N3O/c1-4-9-17-15(2,13-16)8-5-10-18-11-6-14(19-3)7-12-18/h14,17H,4-12H2,1-3H3. The summed E-state index contributed by atoms with van der Waals surface area (Å²) in [5.41, 5.74) is -0.360. The van der Waals surface area contributed by atoms with Gasteiger partial charge in [0.05, 0.1) is 12.2 Å². The van der Waals surface area contributed by atoms with Crippen molar-refractivity contribution in [3.8, 4) is 6.07 Å². The van der Waals surface area contributed by atoms with E-state index in [1.165, 1.54) is 0 Å². The van der Waals surface area contributed by atoms with E-state index in [1.54, 1.807) is 7.11 Å². The van der Waals surface area contributed by atoms with Crippen molar-refractivity contribution in [3.63, 3.8) is 0 Å². The highest BCUT2D eigenvalue weighted by Gasteiger charge is 2.23. The van der Waals surface area contributed by atoms with E-state index in [2.05, 4.69) is 23.2 Å². The van der Waals surface area contributed by atoms with Gasteiger partial charge in [-0.3, -0.25) is 5.32 Å². The molecule has 0 radical (unpaired) electrons. The van der Waals surface area contributed by atoms with Crippen molar-refractivity contribution < 1.29 is 4.74 Å². The molecule has 0 aliphatic carbocycles. The molecule has 0 aromatic heterocycles. The van der Waals surface area contributed by atoms with Crippen LogP contribution < -0.4 is 5.32 Å². The van der Waals surface area contributed by atoms with Gasteiger partial charge >= 0.3 is 0 Å². The Kier molecular flexibility index (Phi) is 7.37. The number of rotatable bonds is 8. The van der Waals surface area contributed by atoms with Gasteiger partial charge in [-0.1, -0.05) is 6.92 Å². The Labute approximate surface area is 118 Å². The minimum atomic E-state index is -0.360. The molecule has 110 valence electrons. The summed E-state index contributed by atoms with van der Waals surface area (Å²) in [5, 5.41) is 12.6. The number of hydrogen-bond donors (Lipinski definition) is 1. The highest BCUT2D eigenvalue weighted by molar-refractivity contribution is 5.03. The van der Waals surface area contributed by atoms with Gasteiger partial charge in [-0.25, -0.2) is 0 Å². The predicted octanol–water partition coefficient (Wildman–Crippen LogP) is 2.16. The molecule has 4 nitrogen and oxygen atoms in total. The summed E-state index contributed by atoms with van der Waals surface area (Å²) in [6, 6.07) is 2.42. The maximum Gasteiger partial charge on any atom is 0.103 e. The van der Waals surface area contributed by atoms with Crippen LogP contribution in [0.3, 0.4) is 0 Å². The van der Waals surface area contributed by atoms with E-state index < -0.39 is 0 Å². The molecule has 4 heteroatoms. The first-order valence-corrected chi connectivity index (χ1v) is 7.55. The zero-order chi connectivity index (χ0) is 14.1. The van der Waals surface area contributed by atoms with Gasteiger partial charge in [0, 0.05) is 20.2 Å². The van der Waals surface area contributed by atoms with Crippen LogP contribution in [0, 0.1) is 11.3 Å². The molecule has 1 rings (SSSR count). The van der Waals surface area contributed by atoms with Gasteiger partial charge in [0.2, 0.25) is 0 Å². The van der Waals surface area contributed by atoms with E-state index in [0.717, 1.165) is 58.3 Å². The molecule has 1 aliphatic rings. The van der Waals surface area contributed by atoms with Crippen LogP contribution in [0.5, 0.6) is 0 Å². The Morgan fingerprint density at radius 3 is 2.63 bits per heavy atom. The quantitative estimate of drug-likeness (QED) is 0.732. The van der Waals surface area contributed by atoms with E-state index in [4.69, 9.17) is 4.74 Å². The third kappa shape index (κ3) is 5.90. The summed E-state index contributed by atoms with van der Waals surface area (Å²) < 4.78 is 5.38. The number of likely N-dealkylation sites (tertiary alicyclic amines) is 1. The molecule has 1 aliphatic heterocycles. The molecule has 0 aromatic carbocycles. The number of nitrogens with one attached hydrogen (secondary N) is 1. The third-order valence-corrected chi connectivity index (χ3v) is 4.03. The van der Waals surface area contributed by atoms with Crippen LogP contribution in [0.25, 0.3) is 0 Å². The SMILES string of the molecule is CCCNC(C)(C#N)CCCN1CCC(OC)CC1. The summed E-state index contributed by atoms with van der Waals surface area (Å²) in [6.45, 7) is 8.42. The molecule has 1 unspecified atom stereocenters. The fraction of sp³-hybridized carbons (Fsp3) is 0.933. The van der Waals surface area contributed by atoms with Crippen molar-refractivity contribution in [2.75, 3.05) is 33.3 Å². The Hall–Kier alpha value is -0.630. The summed E-state index contributed by atoms with van der Waals surface area (Å²) in [6.07, 6.45) is 5.81. The Morgan fingerprint density at radius 1 is 1.42 bits per heavy atom. The molecule has 1 N–H and O–H groups in total. The number of nitriles is 1. The van der Waals surface area contributed by atoms with Crippen molar-refractivity contribution >= 4 is 0 Å². The second-order valence-electron chi connectivity index (χ2n) is 5.75.